The van der Waals surface area contributed by atoms with E-state index in [0.717, 1.165) is 31.2 Å². The minimum atomic E-state index is 0.734. The van der Waals surface area contributed by atoms with Crippen molar-refractivity contribution in [2.24, 2.45) is 0 Å². The molecule has 0 saturated carbocycles. The molecule has 0 amide bonds. The van der Waals surface area contributed by atoms with Crippen molar-refractivity contribution in [3.05, 3.63) is 29.8 Å². The molecule has 0 spiro atoms. The molecule has 0 atom stereocenters. The van der Waals surface area contributed by atoms with Crippen LogP contribution in [0.2, 0.25) is 0 Å². The Morgan fingerprint density at radius 2 is 2.20 bits per heavy atom. The SMILES string of the molecule is CSCCNCCOc1cccc(C)c1. The third-order valence-electron chi connectivity index (χ3n) is 2.02. The number of thioether (sulfide) groups is 1. The molecule has 0 aliphatic heterocycles. The lowest BCUT2D eigenvalue weighted by molar-refractivity contribution is 0.315. The van der Waals surface area contributed by atoms with Crippen LogP contribution in [0.1, 0.15) is 5.56 Å². The van der Waals surface area contributed by atoms with Crippen LogP contribution in [0.3, 0.4) is 0 Å². The molecule has 1 rings (SSSR count). The van der Waals surface area contributed by atoms with Crippen LogP contribution in [0, 0.1) is 6.92 Å². The maximum absolute atomic E-state index is 5.60. The van der Waals surface area contributed by atoms with Crippen molar-refractivity contribution < 1.29 is 4.74 Å². The van der Waals surface area contributed by atoms with Crippen molar-refractivity contribution in [3.8, 4) is 5.75 Å². The summed E-state index contributed by atoms with van der Waals surface area (Å²) < 4.78 is 5.60. The van der Waals surface area contributed by atoms with Crippen molar-refractivity contribution in [2.45, 2.75) is 6.92 Å². The fourth-order valence-corrected chi connectivity index (χ4v) is 1.59. The molecule has 0 saturated heterocycles. The fourth-order valence-electron chi connectivity index (χ4n) is 1.25. The van der Waals surface area contributed by atoms with E-state index in [0.29, 0.717) is 0 Å². The van der Waals surface area contributed by atoms with E-state index in [9.17, 15) is 0 Å². The summed E-state index contributed by atoms with van der Waals surface area (Å²) in [5.74, 6) is 2.12. The van der Waals surface area contributed by atoms with Crippen molar-refractivity contribution >= 4 is 11.8 Å². The van der Waals surface area contributed by atoms with Gasteiger partial charge in [0, 0.05) is 18.8 Å². The predicted octanol–water partition coefficient (Wildman–Crippen LogP) is 2.33. The lowest BCUT2D eigenvalue weighted by Crippen LogP contribution is -2.23. The van der Waals surface area contributed by atoms with Crippen LogP contribution >= 0.6 is 11.8 Å². The second kappa shape index (κ2) is 7.60. The first kappa shape index (κ1) is 12.4. The average molecular weight is 225 g/mol. The first-order chi connectivity index (χ1) is 7.33. The summed E-state index contributed by atoms with van der Waals surface area (Å²) >= 11 is 1.85. The number of rotatable bonds is 7. The zero-order valence-electron chi connectivity index (χ0n) is 9.45. The molecule has 15 heavy (non-hydrogen) atoms. The summed E-state index contributed by atoms with van der Waals surface area (Å²) in [7, 11) is 0. The average Bonchev–Trinajstić information content (AvgIpc) is 2.23. The second-order valence-corrected chi connectivity index (χ2v) is 4.39. The van der Waals surface area contributed by atoms with Crippen molar-refractivity contribution in [2.75, 3.05) is 31.7 Å². The van der Waals surface area contributed by atoms with Crippen LogP contribution < -0.4 is 10.1 Å². The highest BCUT2D eigenvalue weighted by atomic mass is 32.2. The molecule has 0 unspecified atom stereocenters. The van der Waals surface area contributed by atoms with Gasteiger partial charge in [0.25, 0.3) is 0 Å². The minimum Gasteiger partial charge on any atom is -0.492 e. The molecular weight excluding hydrogens is 206 g/mol. The van der Waals surface area contributed by atoms with Crippen molar-refractivity contribution in [3.63, 3.8) is 0 Å². The second-order valence-electron chi connectivity index (χ2n) is 3.41. The molecule has 0 radical (unpaired) electrons. The normalized spacial score (nSPS) is 10.3. The topological polar surface area (TPSA) is 21.3 Å². The summed E-state index contributed by atoms with van der Waals surface area (Å²) in [6.45, 7) is 4.77. The Morgan fingerprint density at radius 1 is 1.33 bits per heavy atom. The van der Waals surface area contributed by atoms with Gasteiger partial charge in [-0.2, -0.15) is 11.8 Å². The quantitative estimate of drug-likeness (QED) is 0.720. The van der Waals surface area contributed by atoms with Crippen LogP contribution in [0.5, 0.6) is 5.75 Å². The van der Waals surface area contributed by atoms with Gasteiger partial charge in [0.1, 0.15) is 12.4 Å². The van der Waals surface area contributed by atoms with Gasteiger partial charge in [-0.1, -0.05) is 12.1 Å². The van der Waals surface area contributed by atoms with E-state index in [2.05, 4.69) is 30.6 Å². The molecular formula is C12H19NOS. The zero-order chi connectivity index (χ0) is 10.9. The van der Waals surface area contributed by atoms with E-state index in [1.807, 2.05) is 23.9 Å². The molecule has 1 aromatic rings. The first-order valence-electron chi connectivity index (χ1n) is 5.22. The summed E-state index contributed by atoms with van der Waals surface area (Å²) in [6, 6.07) is 8.15. The van der Waals surface area contributed by atoms with Gasteiger partial charge < -0.3 is 10.1 Å². The summed E-state index contributed by atoms with van der Waals surface area (Å²) in [5, 5.41) is 3.33. The molecule has 0 aliphatic rings. The van der Waals surface area contributed by atoms with E-state index in [1.54, 1.807) is 0 Å². The van der Waals surface area contributed by atoms with Crippen molar-refractivity contribution in [1.82, 2.24) is 5.32 Å². The van der Waals surface area contributed by atoms with Gasteiger partial charge in [-0.25, -0.2) is 0 Å². The standard InChI is InChI=1S/C12H19NOS/c1-11-4-3-5-12(10-11)14-8-6-13-7-9-15-2/h3-5,10,13H,6-9H2,1-2H3. The van der Waals surface area contributed by atoms with E-state index in [4.69, 9.17) is 4.74 Å². The predicted molar refractivity (Wildman–Crippen MR) is 67.9 cm³/mol. The summed E-state index contributed by atoms with van der Waals surface area (Å²) in [6.07, 6.45) is 2.12. The molecule has 3 heteroatoms. The monoisotopic (exact) mass is 225 g/mol. The van der Waals surface area contributed by atoms with Gasteiger partial charge in [0.05, 0.1) is 0 Å². The smallest absolute Gasteiger partial charge is 0.119 e. The van der Waals surface area contributed by atoms with Crippen LogP contribution in [0.25, 0.3) is 0 Å². The van der Waals surface area contributed by atoms with Gasteiger partial charge >= 0.3 is 0 Å². The lowest BCUT2D eigenvalue weighted by Gasteiger charge is -2.07. The summed E-state index contributed by atoms with van der Waals surface area (Å²) in [4.78, 5) is 0. The van der Waals surface area contributed by atoms with Crippen molar-refractivity contribution in [1.29, 1.82) is 0 Å². The van der Waals surface area contributed by atoms with Gasteiger partial charge in [-0.05, 0) is 30.9 Å². The first-order valence-corrected chi connectivity index (χ1v) is 6.61. The Balaban J connectivity index is 2.10. The van der Waals surface area contributed by atoms with E-state index >= 15 is 0 Å². The Bertz CT molecular complexity index is 278. The molecule has 0 bridgehead atoms. The Kier molecular flexibility index (Phi) is 6.28. The maximum Gasteiger partial charge on any atom is 0.119 e. The molecule has 1 aromatic carbocycles. The van der Waals surface area contributed by atoms with Crippen LogP contribution in [-0.4, -0.2) is 31.7 Å². The number of benzene rings is 1. The van der Waals surface area contributed by atoms with E-state index < -0.39 is 0 Å². The molecule has 0 aliphatic carbocycles. The zero-order valence-corrected chi connectivity index (χ0v) is 10.3. The molecule has 0 aromatic heterocycles. The number of aryl methyl sites for hydroxylation is 1. The Morgan fingerprint density at radius 3 is 2.93 bits per heavy atom. The number of hydrogen-bond acceptors (Lipinski definition) is 3. The third kappa shape index (κ3) is 5.70. The highest BCUT2D eigenvalue weighted by Gasteiger charge is 1.93. The van der Waals surface area contributed by atoms with Crippen LogP contribution in [0.15, 0.2) is 24.3 Å². The van der Waals surface area contributed by atoms with E-state index in [1.165, 1.54) is 5.56 Å². The largest absolute Gasteiger partial charge is 0.492 e. The van der Waals surface area contributed by atoms with Gasteiger partial charge in [0.2, 0.25) is 0 Å². The van der Waals surface area contributed by atoms with Crippen LogP contribution in [0.4, 0.5) is 0 Å². The molecule has 1 N–H and O–H groups in total. The van der Waals surface area contributed by atoms with Crippen LogP contribution in [-0.2, 0) is 0 Å². The molecule has 0 heterocycles. The molecule has 2 nitrogen and oxygen atoms in total. The van der Waals surface area contributed by atoms with Gasteiger partial charge in [-0.15, -0.1) is 0 Å². The molecule has 0 fully saturated rings. The maximum atomic E-state index is 5.60. The third-order valence-corrected chi connectivity index (χ3v) is 2.63. The molecule has 84 valence electrons. The van der Waals surface area contributed by atoms with Gasteiger partial charge in [0.15, 0.2) is 0 Å². The number of ether oxygens (including phenoxy) is 1. The van der Waals surface area contributed by atoms with Gasteiger partial charge in [-0.3, -0.25) is 0 Å². The number of nitrogens with one attached hydrogen (secondary N) is 1. The minimum absolute atomic E-state index is 0.734. The Hall–Kier alpha value is -0.670. The lowest BCUT2D eigenvalue weighted by atomic mass is 10.2. The Labute approximate surface area is 96.4 Å². The highest BCUT2D eigenvalue weighted by Crippen LogP contribution is 2.11. The number of hydrogen-bond donors (Lipinski definition) is 1. The van der Waals surface area contributed by atoms with E-state index in [-0.39, 0.29) is 0 Å². The summed E-state index contributed by atoms with van der Waals surface area (Å²) in [5.41, 5.74) is 1.24. The highest BCUT2D eigenvalue weighted by molar-refractivity contribution is 7.98. The fraction of sp³-hybridized carbons (Fsp3) is 0.500.